The van der Waals surface area contributed by atoms with Gasteiger partial charge in [-0.05, 0) is 19.8 Å². The van der Waals surface area contributed by atoms with Gasteiger partial charge in [0.25, 0.3) is 0 Å². The standard InChI is InChI=1S/C9H18N2OS/c1-6(2)5-11-8(12)9(3,4)7(10)13/h6H,5H2,1-4H3,(H2,10,13)(H,11,12). The van der Waals surface area contributed by atoms with Gasteiger partial charge in [0.2, 0.25) is 5.91 Å². The average Bonchev–Trinajstić information content (AvgIpc) is 1.99. The normalized spacial score (nSPS) is 11.5. The van der Waals surface area contributed by atoms with Crippen LogP contribution in [-0.4, -0.2) is 17.4 Å². The molecule has 4 heteroatoms. The summed E-state index contributed by atoms with van der Waals surface area (Å²) in [5.41, 5.74) is 4.70. The molecule has 0 aliphatic carbocycles. The molecule has 0 saturated heterocycles. The highest BCUT2D eigenvalue weighted by Gasteiger charge is 2.30. The molecule has 3 N–H and O–H groups in total. The van der Waals surface area contributed by atoms with E-state index in [2.05, 4.69) is 5.32 Å². The lowest BCUT2D eigenvalue weighted by atomic mass is 9.92. The van der Waals surface area contributed by atoms with Gasteiger partial charge in [0.1, 0.15) is 0 Å². The Labute approximate surface area is 85.1 Å². The molecule has 1 amide bonds. The molecule has 0 aromatic heterocycles. The largest absolute Gasteiger partial charge is 0.392 e. The number of thiocarbonyl (C=S) groups is 1. The monoisotopic (exact) mass is 202 g/mol. The van der Waals surface area contributed by atoms with Crippen LogP contribution in [-0.2, 0) is 4.79 Å². The number of hydrogen-bond donors (Lipinski definition) is 2. The van der Waals surface area contributed by atoms with Gasteiger partial charge in [0.15, 0.2) is 0 Å². The first-order chi connectivity index (χ1) is 5.78. The molecule has 0 fully saturated rings. The Morgan fingerprint density at radius 1 is 1.54 bits per heavy atom. The van der Waals surface area contributed by atoms with Crippen LogP contribution in [0, 0.1) is 11.3 Å². The number of carbonyl (C=O) groups excluding carboxylic acids is 1. The summed E-state index contributed by atoms with van der Waals surface area (Å²) in [4.78, 5) is 11.8. The first-order valence-corrected chi connectivity index (χ1v) is 4.77. The van der Waals surface area contributed by atoms with Crippen molar-refractivity contribution in [3.8, 4) is 0 Å². The van der Waals surface area contributed by atoms with E-state index in [1.807, 2.05) is 13.8 Å². The summed E-state index contributed by atoms with van der Waals surface area (Å²) in [7, 11) is 0. The van der Waals surface area contributed by atoms with E-state index in [4.69, 9.17) is 18.0 Å². The summed E-state index contributed by atoms with van der Waals surface area (Å²) in [5.74, 6) is 0.333. The van der Waals surface area contributed by atoms with Crippen molar-refractivity contribution >= 4 is 23.1 Å². The quantitative estimate of drug-likeness (QED) is 0.671. The zero-order valence-electron chi connectivity index (χ0n) is 8.68. The van der Waals surface area contributed by atoms with Crippen molar-refractivity contribution in [3.63, 3.8) is 0 Å². The Kier molecular flexibility index (Phi) is 4.33. The summed E-state index contributed by atoms with van der Waals surface area (Å²) in [6.45, 7) is 8.18. The van der Waals surface area contributed by atoms with Crippen LogP contribution in [0.4, 0.5) is 0 Å². The number of hydrogen-bond acceptors (Lipinski definition) is 2. The smallest absolute Gasteiger partial charge is 0.232 e. The van der Waals surface area contributed by atoms with E-state index in [1.165, 1.54) is 0 Å². The van der Waals surface area contributed by atoms with Gasteiger partial charge in [0.05, 0.1) is 10.4 Å². The predicted octanol–water partition coefficient (Wildman–Crippen LogP) is 1.07. The van der Waals surface area contributed by atoms with Crippen LogP contribution in [0.15, 0.2) is 0 Å². The Balaban J connectivity index is 4.18. The molecule has 0 radical (unpaired) electrons. The SMILES string of the molecule is CC(C)CNC(=O)C(C)(C)C(N)=S. The van der Waals surface area contributed by atoms with Crippen LogP contribution >= 0.6 is 12.2 Å². The summed E-state index contributed by atoms with van der Waals surface area (Å²) in [6, 6.07) is 0. The third-order valence-corrected chi connectivity index (χ3v) is 2.36. The van der Waals surface area contributed by atoms with Gasteiger partial charge in [-0.3, -0.25) is 4.79 Å². The fraction of sp³-hybridized carbons (Fsp3) is 0.778. The Hall–Kier alpha value is -0.640. The molecule has 0 aromatic rings. The topological polar surface area (TPSA) is 55.1 Å². The summed E-state index contributed by atoms with van der Waals surface area (Å²) in [5, 5.41) is 2.80. The van der Waals surface area contributed by atoms with Crippen molar-refractivity contribution < 1.29 is 4.79 Å². The van der Waals surface area contributed by atoms with Crippen molar-refractivity contribution in [1.82, 2.24) is 5.32 Å². The molecular formula is C9H18N2OS. The molecule has 0 spiro atoms. The lowest BCUT2D eigenvalue weighted by Gasteiger charge is -2.22. The maximum Gasteiger partial charge on any atom is 0.232 e. The van der Waals surface area contributed by atoms with Crippen LogP contribution in [0.1, 0.15) is 27.7 Å². The number of amides is 1. The lowest BCUT2D eigenvalue weighted by Crippen LogP contribution is -2.45. The van der Waals surface area contributed by atoms with Crippen LogP contribution in [0.25, 0.3) is 0 Å². The van der Waals surface area contributed by atoms with E-state index >= 15 is 0 Å². The Morgan fingerprint density at radius 2 is 2.00 bits per heavy atom. The molecule has 0 atom stereocenters. The van der Waals surface area contributed by atoms with Crippen molar-refractivity contribution in [3.05, 3.63) is 0 Å². The minimum Gasteiger partial charge on any atom is -0.392 e. The van der Waals surface area contributed by atoms with Crippen LogP contribution in [0.3, 0.4) is 0 Å². The number of nitrogens with one attached hydrogen (secondary N) is 1. The van der Waals surface area contributed by atoms with E-state index in [0.29, 0.717) is 12.5 Å². The van der Waals surface area contributed by atoms with Gasteiger partial charge < -0.3 is 11.1 Å². The number of nitrogens with two attached hydrogens (primary N) is 1. The molecule has 76 valence electrons. The van der Waals surface area contributed by atoms with E-state index in [0.717, 1.165) is 0 Å². The van der Waals surface area contributed by atoms with E-state index < -0.39 is 5.41 Å². The third-order valence-electron chi connectivity index (χ3n) is 1.85. The first kappa shape index (κ1) is 12.4. The molecular weight excluding hydrogens is 184 g/mol. The highest BCUT2D eigenvalue weighted by atomic mass is 32.1. The third kappa shape index (κ3) is 3.72. The number of rotatable bonds is 4. The zero-order chi connectivity index (χ0) is 10.6. The second kappa shape index (κ2) is 4.56. The van der Waals surface area contributed by atoms with Gasteiger partial charge >= 0.3 is 0 Å². The Bertz CT molecular complexity index is 212. The minimum atomic E-state index is -0.746. The summed E-state index contributed by atoms with van der Waals surface area (Å²) < 4.78 is 0. The van der Waals surface area contributed by atoms with Gasteiger partial charge in [-0.2, -0.15) is 0 Å². The molecule has 0 unspecified atom stereocenters. The molecule has 3 nitrogen and oxygen atoms in total. The molecule has 0 aromatic carbocycles. The number of carbonyl (C=O) groups is 1. The summed E-state index contributed by atoms with van der Waals surface area (Å²) in [6.07, 6.45) is 0. The van der Waals surface area contributed by atoms with Crippen molar-refractivity contribution in [2.45, 2.75) is 27.7 Å². The zero-order valence-corrected chi connectivity index (χ0v) is 9.49. The minimum absolute atomic E-state index is 0.103. The second-order valence-electron chi connectivity index (χ2n) is 4.09. The van der Waals surface area contributed by atoms with Crippen LogP contribution < -0.4 is 11.1 Å². The van der Waals surface area contributed by atoms with E-state index in [9.17, 15) is 4.79 Å². The van der Waals surface area contributed by atoms with Crippen molar-refractivity contribution in [1.29, 1.82) is 0 Å². The van der Waals surface area contributed by atoms with Crippen molar-refractivity contribution in [2.75, 3.05) is 6.54 Å². The van der Waals surface area contributed by atoms with Crippen LogP contribution in [0.5, 0.6) is 0 Å². The predicted molar refractivity (Wildman–Crippen MR) is 58.4 cm³/mol. The van der Waals surface area contributed by atoms with E-state index in [1.54, 1.807) is 13.8 Å². The molecule has 0 aliphatic rings. The second-order valence-corrected chi connectivity index (χ2v) is 4.53. The average molecular weight is 202 g/mol. The lowest BCUT2D eigenvalue weighted by molar-refractivity contribution is -0.126. The summed E-state index contributed by atoms with van der Waals surface area (Å²) >= 11 is 4.80. The molecule has 0 aliphatic heterocycles. The molecule has 13 heavy (non-hydrogen) atoms. The molecule has 0 rings (SSSR count). The van der Waals surface area contributed by atoms with Gasteiger partial charge in [-0.1, -0.05) is 26.1 Å². The highest BCUT2D eigenvalue weighted by molar-refractivity contribution is 7.80. The fourth-order valence-corrected chi connectivity index (χ4v) is 0.722. The van der Waals surface area contributed by atoms with Gasteiger partial charge in [-0.15, -0.1) is 0 Å². The van der Waals surface area contributed by atoms with E-state index in [-0.39, 0.29) is 10.9 Å². The maximum absolute atomic E-state index is 11.5. The Morgan fingerprint density at radius 3 is 2.31 bits per heavy atom. The van der Waals surface area contributed by atoms with Crippen molar-refractivity contribution in [2.24, 2.45) is 17.1 Å². The fourth-order valence-electron chi connectivity index (χ4n) is 0.630. The maximum atomic E-state index is 11.5. The van der Waals surface area contributed by atoms with Gasteiger partial charge in [0, 0.05) is 6.54 Å². The highest BCUT2D eigenvalue weighted by Crippen LogP contribution is 2.15. The molecule has 0 heterocycles. The van der Waals surface area contributed by atoms with Gasteiger partial charge in [-0.25, -0.2) is 0 Å². The first-order valence-electron chi connectivity index (χ1n) is 4.36. The molecule has 0 saturated carbocycles. The molecule has 0 bridgehead atoms. The van der Waals surface area contributed by atoms with Crippen LogP contribution in [0.2, 0.25) is 0 Å².